The summed E-state index contributed by atoms with van der Waals surface area (Å²) in [4.78, 5) is 23.4. The largest absolute Gasteiger partial charge is 0.462 e. The van der Waals surface area contributed by atoms with E-state index in [0.717, 1.165) is 18.2 Å². The van der Waals surface area contributed by atoms with Gasteiger partial charge in [0, 0.05) is 13.2 Å². The molecular formula is C16H22O9S. The number of benzene rings is 1. The molecule has 0 aromatic heterocycles. The van der Waals surface area contributed by atoms with E-state index in [4.69, 9.17) is 19.7 Å². The highest BCUT2D eigenvalue weighted by Gasteiger charge is 2.20. The molecule has 10 heteroatoms. The van der Waals surface area contributed by atoms with E-state index < -0.39 is 27.0 Å². The highest BCUT2D eigenvalue weighted by atomic mass is 32.2. The minimum atomic E-state index is -4.65. The lowest BCUT2D eigenvalue weighted by Gasteiger charge is -2.09. The summed E-state index contributed by atoms with van der Waals surface area (Å²) >= 11 is 0. The SMILES string of the molecule is O=C(OCCCCO)c1cc(C(=O)OCCCCO)cc(S(=O)(=O)O)c1. The third kappa shape index (κ3) is 7.48. The van der Waals surface area contributed by atoms with Crippen LogP contribution >= 0.6 is 0 Å². The van der Waals surface area contributed by atoms with Crippen molar-refractivity contribution >= 4 is 22.1 Å². The molecule has 0 bridgehead atoms. The molecule has 0 aliphatic carbocycles. The molecule has 0 fully saturated rings. The summed E-state index contributed by atoms with van der Waals surface area (Å²) in [5, 5.41) is 17.4. The number of carbonyl (C=O) groups excluding carboxylic acids is 2. The van der Waals surface area contributed by atoms with Gasteiger partial charge >= 0.3 is 11.9 Å². The van der Waals surface area contributed by atoms with Crippen molar-refractivity contribution in [2.24, 2.45) is 0 Å². The summed E-state index contributed by atoms with van der Waals surface area (Å²) in [7, 11) is -4.65. The molecule has 1 aromatic rings. The molecular weight excluding hydrogens is 368 g/mol. The first-order chi connectivity index (χ1) is 12.3. The Hall–Kier alpha value is -2.01. The van der Waals surface area contributed by atoms with Crippen molar-refractivity contribution in [3.63, 3.8) is 0 Å². The highest BCUT2D eigenvalue weighted by molar-refractivity contribution is 7.85. The molecule has 26 heavy (non-hydrogen) atoms. The fourth-order valence-corrected chi connectivity index (χ4v) is 2.46. The van der Waals surface area contributed by atoms with Gasteiger partial charge in [0.05, 0.1) is 29.2 Å². The molecule has 0 atom stereocenters. The van der Waals surface area contributed by atoms with Crippen molar-refractivity contribution in [1.29, 1.82) is 0 Å². The standard InChI is InChI=1S/C16H22O9S/c17-5-1-3-7-24-15(19)12-9-13(11-14(10-12)26(21,22)23)16(20)25-8-4-2-6-18/h9-11,17-18H,1-8H2,(H,21,22,23). The first kappa shape index (κ1) is 22.0. The van der Waals surface area contributed by atoms with Crippen LogP contribution in [-0.2, 0) is 19.6 Å². The highest BCUT2D eigenvalue weighted by Crippen LogP contribution is 2.17. The van der Waals surface area contributed by atoms with Gasteiger partial charge in [-0.3, -0.25) is 4.55 Å². The second-order valence-corrected chi connectivity index (χ2v) is 6.78. The first-order valence-corrected chi connectivity index (χ1v) is 9.42. The van der Waals surface area contributed by atoms with Gasteiger partial charge in [-0.05, 0) is 43.9 Å². The number of aliphatic hydroxyl groups excluding tert-OH is 2. The van der Waals surface area contributed by atoms with Crippen molar-refractivity contribution in [3.05, 3.63) is 29.3 Å². The van der Waals surface area contributed by atoms with Crippen molar-refractivity contribution in [2.45, 2.75) is 30.6 Å². The lowest BCUT2D eigenvalue weighted by atomic mass is 10.1. The molecule has 9 nitrogen and oxygen atoms in total. The van der Waals surface area contributed by atoms with Crippen LogP contribution in [0, 0.1) is 0 Å². The topological polar surface area (TPSA) is 147 Å². The van der Waals surface area contributed by atoms with E-state index in [1.165, 1.54) is 0 Å². The third-order valence-corrected chi connectivity index (χ3v) is 4.08. The van der Waals surface area contributed by atoms with Crippen LogP contribution in [-0.4, -0.2) is 61.5 Å². The summed E-state index contributed by atoms with van der Waals surface area (Å²) < 4.78 is 41.8. The predicted octanol–water partition coefficient (Wildman–Crippen LogP) is 0.792. The predicted molar refractivity (Wildman–Crippen MR) is 89.5 cm³/mol. The van der Waals surface area contributed by atoms with Gasteiger partial charge in [-0.25, -0.2) is 9.59 Å². The molecule has 0 radical (unpaired) electrons. The Labute approximate surface area is 151 Å². The maximum absolute atomic E-state index is 12.0. The van der Waals surface area contributed by atoms with Gasteiger partial charge < -0.3 is 19.7 Å². The van der Waals surface area contributed by atoms with Gasteiger partial charge in [0.15, 0.2) is 0 Å². The molecule has 0 heterocycles. The van der Waals surface area contributed by atoms with Crippen molar-refractivity contribution in [2.75, 3.05) is 26.4 Å². The van der Waals surface area contributed by atoms with E-state index in [1.807, 2.05) is 0 Å². The summed E-state index contributed by atoms with van der Waals surface area (Å²) in [5.41, 5.74) is -0.460. The van der Waals surface area contributed by atoms with Gasteiger partial charge in [0.2, 0.25) is 0 Å². The Bertz CT molecular complexity index is 670. The van der Waals surface area contributed by atoms with Gasteiger partial charge in [-0.2, -0.15) is 8.42 Å². The summed E-state index contributed by atoms with van der Waals surface area (Å²) in [6.07, 6.45) is 1.70. The Morgan fingerprint density at radius 2 is 1.23 bits per heavy atom. The van der Waals surface area contributed by atoms with Crippen LogP contribution in [0.4, 0.5) is 0 Å². The van der Waals surface area contributed by atoms with Crippen LogP contribution < -0.4 is 0 Å². The van der Waals surface area contributed by atoms with E-state index in [-0.39, 0.29) is 37.6 Å². The minimum Gasteiger partial charge on any atom is -0.462 e. The Kier molecular flexibility index (Phi) is 9.21. The molecule has 1 aromatic carbocycles. The average Bonchev–Trinajstić information content (AvgIpc) is 2.61. The molecule has 0 aliphatic heterocycles. The number of aliphatic hydroxyl groups is 2. The van der Waals surface area contributed by atoms with Gasteiger partial charge in [-0.15, -0.1) is 0 Å². The lowest BCUT2D eigenvalue weighted by molar-refractivity contribution is 0.0490. The third-order valence-electron chi connectivity index (χ3n) is 3.25. The summed E-state index contributed by atoms with van der Waals surface area (Å²) in [6, 6.07) is 2.90. The number of rotatable bonds is 11. The smallest absolute Gasteiger partial charge is 0.338 e. The van der Waals surface area contributed by atoms with Crippen LogP contribution in [0.2, 0.25) is 0 Å². The molecule has 0 amide bonds. The summed E-state index contributed by atoms with van der Waals surface area (Å²) in [5.74, 6) is -1.74. The first-order valence-electron chi connectivity index (χ1n) is 7.98. The number of unbranched alkanes of at least 4 members (excludes halogenated alkanes) is 2. The number of ether oxygens (including phenoxy) is 2. The summed E-state index contributed by atoms with van der Waals surface area (Å²) in [6.45, 7) is -0.0863. The lowest BCUT2D eigenvalue weighted by Crippen LogP contribution is -2.13. The number of hydrogen-bond acceptors (Lipinski definition) is 8. The maximum Gasteiger partial charge on any atom is 0.338 e. The fourth-order valence-electron chi connectivity index (χ4n) is 1.91. The molecule has 0 saturated carbocycles. The van der Waals surface area contributed by atoms with Crippen molar-refractivity contribution in [3.8, 4) is 0 Å². The molecule has 0 spiro atoms. The number of carbonyl (C=O) groups is 2. The molecule has 0 unspecified atom stereocenters. The zero-order valence-corrected chi connectivity index (χ0v) is 14.9. The Morgan fingerprint density at radius 1 is 0.808 bits per heavy atom. The van der Waals surface area contributed by atoms with Gasteiger partial charge in [0.1, 0.15) is 0 Å². The van der Waals surface area contributed by atoms with E-state index in [1.54, 1.807) is 0 Å². The zero-order valence-electron chi connectivity index (χ0n) is 14.1. The van der Waals surface area contributed by atoms with Gasteiger partial charge in [-0.1, -0.05) is 0 Å². The molecule has 1 rings (SSSR count). The zero-order chi connectivity index (χ0) is 19.6. The molecule has 3 N–H and O–H groups in total. The monoisotopic (exact) mass is 390 g/mol. The van der Waals surface area contributed by atoms with Crippen LogP contribution in [0.25, 0.3) is 0 Å². The van der Waals surface area contributed by atoms with Crippen molar-refractivity contribution in [1.82, 2.24) is 0 Å². The minimum absolute atomic E-state index is 0.0104. The van der Waals surface area contributed by atoms with Crippen LogP contribution in [0.15, 0.2) is 23.1 Å². The Morgan fingerprint density at radius 3 is 1.58 bits per heavy atom. The number of hydrogen-bond donors (Lipinski definition) is 3. The quantitative estimate of drug-likeness (QED) is 0.283. The molecule has 0 saturated heterocycles. The normalized spacial score (nSPS) is 11.2. The van der Waals surface area contributed by atoms with Gasteiger partial charge in [0.25, 0.3) is 10.1 Å². The molecule has 146 valence electrons. The van der Waals surface area contributed by atoms with Crippen LogP contribution in [0.5, 0.6) is 0 Å². The maximum atomic E-state index is 12.0. The average molecular weight is 390 g/mol. The van der Waals surface area contributed by atoms with Crippen LogP contribution in [0.1, 0.15) is 46.4 Å². The molecule has 0 aliphatic rings. The second kappa shape index (κ2) is 10.9. The van der Waals surface area contributed by atoms with Crippen molar-refractivity contribution < 1.29 is 42.2 Å². The van der Waals surface area contributed by atoms with E-state index >= 15 is 0 Å². The van der Waals surface area contributed by atoms with E-state index in [0.29, 0.717) is 25.7 Å². The second-order valence-electron chi connectivity index (χ2n) is 5.35. The van der Waals surface area contributed by atoms with E-state index in [2.05, 4.69) is 0 Å². The van der Waals surface area contributed by atoms with E-state index in [9.17, 15) is 22.6 Å². The fraction of sp³-hybridized carbons (Fsp3) is 0.500. The van der Waals surface area contributed by atoms with Crippen LogP contribution in [0.3, 0.4) is 0 Å². The number of esters is 2. The Balaban J connectivity index is 2.96.